The van der Waals surface area contributed by atoms with E-state index in [1.807, 2.05) is 0 Å². The molecule has 0 amide bonds. The molecule has 0 spiro atoms. The van der Waals surface area contributed by atoms with Gasteiger partial charge >= 0.3 is 34.6 Å². The summed E-state index contributed by atoms with van der Waals surface area (Å²) in [5.41, 5.74) is 0. The second-order valence-electron chi connectivity index (χ2n) is 0. The van der Waals surface area contributed by atoms with Gasteiger partial charge in [0.2, 0.25) is 0 Å². The average molecular weight is 112 g/mol. The minimum absolute atomic E-state index is 0. The fourth-order valence-electron chi connectivity index (χ4n) is 0. The van der Waals surface area contributed by atoms with Gasteiger partial charge in [-0.25, -0.2) is 0 Å². The SMILES string of the molecule is O.O.O.[Na][Cl]. The van der Waals surface area contributed by atoms with E-state index < -0.39 is 0 Å². The first-order valence-electron chi connectivity index (χ1n) is 0.378. The van der Waals surface area contributed by atoms with Crippen LogP contribution in [0, 0.1) is 0 Å². The molecular weight excluding hydrogens is 106 g/mol. The number of hydrogen-bond donors (Lipinski definition) is 0. The van der Waals surface area contributed by atoms with E-state index in [9.17, 15) is 0 Å². The van der Waals surface area contributed by atoms with Crippen LogP contribution in [0.15, 0.2) is 0 Å². The number of halogens is 1. The summed E-state index contributed by atoms with van der Waals surface area (Å²) in [6.07, 6.45) is 0. The fourth-order valence-corrected chi connectivity index (χ4v) is 0. The van der Waals surface area contributed by atoms with Crippen molar-refractivity contribution >= 4 is 34.6 Å². The second-order valence-corrected chi connectivity index (χ2v) is 0. The normalized spacial score (nSPS) is 1.40. The van der Waals surface area contributed by atoms with Crippen molar-refractivity contribution in [3.63, 3.8) is 0 Å². The molecule has 3 nitrogen and oxygen atoms in total. The van der Waals surface area contributed by atoms with Crippen LogP contribution in [0.3, 0.4) is 0 Å². The molecule has 0 aromatic heterocycles. The van der Waals surface area contributed by atoms with E-state index in [2.05, 4.69) is 0 Å². The van der Waals surface area contributed by atoms with Crippen LogP contribution in [-0.4, -0.2) is 43.1 Å². The maximum atomic E-state index is 4.78. The van der Waals surface area contributed by atoms with Gasteiger partial charge in [0.1, 0.15) is 0 Å². The molecular formula is H6ClNaO3. The Morgan fingerprint density at radius 3 is 0.800 bits per heavy atom. The third kappa shape index (κ3) is 38.0. The Labute approximate surface area is 51.0 Å². The Morgan fingerprint density at radius 2 is 0.800 bits per heavy atom. The van der Waals surface area contributed by atoms with E-state index >= 15 is 0 Å². The molecule has 5 heavy (non-hydrogen) atoms. The van der Waals surface area contributed by atoms with Crippen molar-refractivity contribution < 1.29 is 16.4 Å². The monoisotopic (exact) mass is 112 g/mol. The van der Waals surface area contributed by atoms with E-state index in [0.717, 1.165) is 26.6 Å². The molecule has 0 radical (unpaired) electrons. The topological polar surface area (TPSA) is 94.5 Å². The molecule has 0 heterocycles. The zero-order valence-corrected chi connectivity index (χ0v) is 5.63. The van der Waals surface area contributed by atoms with E-state index in [4.69, 9.17) is 7.91 Å². The summed E-state index contributed by atoms with van der Waals surface area (Å²) in [4.78, 5) is 0. The minimum atomic E-state index is 0. The van der Waals surface area contributed by atoms with Crippen LogP contribution >= 0.6 is 7.91 Å². The zero-order valence-electron chi connectivity index (χ0n) is 2.88. The standard InChI is InChI=1S/ClH.Na.3H2O/h1H;;3*1H2/q;+1;;;/p-1. The molecule has 0 saturated carbocycles. The van der Waals surface area contributed by atoms with Crippen molar-refractivity contribution in [1.29, 1.82) is 0 Å². The molecule has 0 aliphatic rings. The third-order valence-electron chi connectivity index (χ3n) is 0. The summed E-state index contributed by atoms with van der Waals surface area (Å²) in [6, 6.07) is 0. The Kier molecular flexibility index (Phi) is 460. The van der Waals surface area contributed by atoms with Gasteiger partial charge in [-0.3, -0.25) is 0 Å². The molecule has 5 heteroatoms. The summed E-state index contributed by atoms with van der Waals surface area (Å²) in [5, 5.41) is 0. The van der Waals surface area contributed by atoms with Crippen LogP contribution in [0.4, 0.5) is 0 Å². The van der Waals surface area contributed by atoms with Crippen LogP contribution in [0.25, 0.3) is 0 Å². The number of rotatable bonds is 0. The van der Waals surface area contributed by atoms with Gasteiger partial charge in [-0.1, -0.05) is 0 Å². The summed E-state index contributed by atoms with van der Waals surface area (Å²) in [5.74, 6) is 0. The molecule has 0 rings (SSSR count). The third-order valence-corrected chi connectivity index (χ3v) is 0. The van der Waals surface area contributed by atoms with Gasteiger partial charge in [0, 0.05) is 0 Å². The molecule has 6 N–H and O–H groups in total. The first-order chi connectivity index (χ1) is 1.00. The van der Waals surface area contributed by atoms with Crippen molar-refractivity contribution in [3.05, 3.63) is 0 Å². The zero-order chi connectivity index (χ0) is 2.00. The van der Waals surface area contributed by atoms with Crippen LogP contribution in [0.1, 0.15) is 0 Å². The molecule has 0 atom stereocenters. The average Bonchev–Trinajstić information content (AvgIpc) is 1.00. The van der Waals surface area contributed by atoms with Crippen LogP contribution in [0.5, 0.6) is 0 Å². The van der Waals surface area contributed by atoms with Gasteiger partial charge in [-0.2, -0.15) is 0 Å². The summed E-state index contributed by atoms with van der Waals surface area (Å²) < 4.78 is 0. The molecule has 0 aromatic carbocycles. The number of hydrogen-bond acceptors (Lipinski definition) is 0. The van der Waals surface area contributed by atoms with Crippen LogP contribution < -0.4 is 0 Å². The van der Waals surface area contributed by atoms with Gasteiger partial charge in [0.05, 0.1) is 0 Å². The molecule has 0 aliphatic heterocycles. The molecule has 32 valence electrons. The Morgan fingerprint density at radius 1 is 0.800 bits per heavy atom. The van der Waals surface area contributed by atoms with Crippen molar-refractivity contribution in [3.8, 4) is 0 Å². The van der Waals surface area contributed by atoms with E-state index in [0.29, 0.717) is 0 Å². The Hall–Kier alpha value is 1.17. The Bertz CT molecular complexity index is 6.85. The van der Waals surface area contributed by atoms with E-state index in [1.165, 1.54) is 0 Å². The maximum absolute atomic E-state index is 4.78. The quantitative estimate of drug-likeness (QED) is 0.319. The van der Waals surface area contributed by atoms with Gasteiger partial charge in [-0.05, 0) is 0 Å². The summed E-state index contributed by atoms with van der Waals surface area (Å²) in [6.45, 7) is 0. The predicted molar refractivity (Wildman–Crippen MR) is 22.4 cm³/mol. The molecule has 0 aliphatic carbocycles. The molecule has 0 unspecified atom stereocenters. The summed E-state index contributed by atoms with van der Waals surface area (Å²) in [7, 11) is 4.78. The Balaban J connectivity index is -0.00000000167. The van der Waals surface area contributed by atoms with Gasteiger partial charge in [0.25, 0.3) is 0 Å². The molecule has 0 bridgehead atoms. The van der Waals surface area contributed by atoms with E-state index in [1.54, 1.807) is 0 Å². The predicted octanol–water partition coefficient (Wildman–Crippen LogP) is -2.17. The van der Waals surface area contributed by atoms with Crippen molar-refractivity contribution in [2.75, 3.05) is 0 Å². The first-order valence-corrected chi connectivity index (χ1v) is 3.40. The van der Waals surface area contributed by atoms with Crippen LogP contribution in [0.2, 0.25) is 0 Å². The molecule has 0 fully saturated rings. The second kappa shape index (κ2) is 65.7. The molecule has 0 saturated heterocycles. The fraction of sp³-hybridized carbons (Fsp3) is 0. The van der Waals surface area contributed by atoms with E-state index in [-0.39, 0.29) is 16.4 Å². The summed E-state index contributed by atoms with van der Waals surface area (Å²) >= 11 is 0.778. The van der Waals surface area contributed by atoms with Crippen molar-refractivity contribution in [2.24, 2.45) is 0 Å². The van der Waals surface area contributed by atoms with Crippen LogP contribution in [-0.2, 0) is 0 Å². The van der Waals surface area contributed by atoms with Crippen molar-refractivity contribution in [1.82, 2.24) is 0 Å². The van der Waals surface area contributed by atoms with Gasteiger partial charge in [0.15, 0.2) is 0 Å². The van der Waals surface area contributed by atoms with Crippen molar-refractivity contribution in [2.45, 2.75) is 0 Å². The van der Waals surface area contributed by atoms with Gasteiger partial charge in [-0.15, -0.1) is 0 Å². The van der Waals surface area contributed by atoms with Gasteiger partial charge < -0.3 is 16.4 Å². The molecule has 0 aromatic rings. The first kappa shape index (κ1) is 35.0.